The number of hydrogen-bond donors (Lipinski definition) is 1. The molecule has 0 aromatic heterocycles. The monoisotopic (exact) mass is 264 g/mol. The third kappa shape index (κ3) is 2.96. The van der Waals surface area contributed by atoms with Crippen LogP contribution in [0.15, 0.2) is 0 Å². The predicted octanol–water partition coefficient (Wildman–Crippen LogP) is 2.70. The fraction of sp³-hybridized carbons (Fsp3) is 0.938. The van der Waals surface area contributed by atoms with Crippen LogP contribution in [0.4, 0.5) is 0 Å². The van der Waals surface area contributed by atoms with Gasteiger partial charge in [-0.05, 0) is 50.4 Å². The van der Waals surface area contributed by atoms with Crippen molar-refractivity contribution in [3.63, 3.8) is 0 Å². The number of piperidine rings is 1. The van der Waals surface area contributed by atoms with Crippen molar-refractivity contribution < 1.29 is 4.79 Å². The molecule has 1 N–H and O–H groups in total. The zero-order chi connectivity index (χ0) is 13.3. The number of hydrogen-bond acceptors (Lipinski definition) is 2. The van der Waals surface area contributed by atoms with Gasteiger partial charge in [-0.15, -0.1) is 0 Å². The minimum absolute atomic E-state index is 0.122. The van der Waals surface area contributed by atoms with Gasteiger partial charge in [0.25, 0.3) is 0 Å². The third-order valence-corrected chi connectivity index (χ3v) is 5.49. The summed E-state index contributed by atoms with van der Waals surface area (Å²) in [4.78, 5) is 14.8. The highest BCUT2D eigenvalue weighted by Crippen LogP contribution is 2.42. The fourth-order valence-corrected chi connectivity index (χ4v) is 3.94. The molecular formula is C16H28N2O. The van der Waals surface area contributed by atoms with Gasteiger partial charge in [-0.3, -0.25) is 4.79 Å². The highest BCUT2D eigenvalue weighted by Gasteiger charge is 2.39. The molecule has 0 radical (unpaired) electrons. The maximum absolute atomic E-state index is 12.6. The van der Waals surface area contributed by atoms with E-state index in [4.69, 9.17) is 0 Å². The molecule has 2 saturated carbocycles. The number of nitrogens with one attached hydrogen (secondary N) is 1. The summed E-state index contributed by atoms with van der Waals surface area (Å²) in [5.74, 6) is 0.387. The first-order valence-corrected chi connectivity index (χ1v) is 8.27. The minimum atomic E-state index is 0.122. The number of carbonyl (C=O) groups is 1. The summed E-state index contributed by atoms with van der Waals surface area (Å²) in [7, 11) is 0. The fourth-order valence-electron chi connectivity index (χ4n) is 3.94. The molecule has 0 aromatic carbocycles. The molecule has 3 aliphatic rings. The standard InChI is InChI=1S/C16H28N2O/c1-2-16(9-3-4-10-16)12-18-11-5-6-14(15(18)19)17-13-7-8-13/h13-14,17H,2-12H2,1H3. The van der Waals surface area contributed by atoms with Crippen molar-refractivity contribution in [1.82, 2.24) is 10.2 Å². The smallest absolute Gasteiger partial charge is 0.239 e. The number of amides is 1. The van der Waals surface area contributed by atoms with E-state index in [2.05, 4.69) is 17.1 Å². The topological polar surface area (TPSA) is 32.3 Å². The maximum atomic E-state index is 12.6. The Balaban J connectivity index is 1.61. The second kappa shape index (κ2) is 5.43. The molecule has 1 saturated heterocycles. The van der Waals surface area contributed by atoms with E-state index in [1.54, 1.807) is 0 Å². The Morgan fingerprint density at radius 2 is 1.95 bits per heavy atom. The van der Waals surface area contributed by atoms with Gasteiger partial charge < -0.3 is 10.2 Å². The normalized spacial score (nSPS) is 30.9. The molecule has 1 amide bonds. The summed E-state index contributed by atoms with van der Waals surface area (Å²) in [6.45, 7) is 4.31. The molecule has 108 valence electrons. The summed E-state index contributed by atoms with van der Waals surface area (Å²) in [5.41, 5.74) is 0.442. The number of carbonyl (C=O) groups excluding carboxylic acids is 1. The summed E-state index contributed by atoms with van der Waals surface area (Å²) in [6, 6.07) is 0.761. The Kier molecular flexibility index (Phi) is 3.84. The van der Waals surface area contributed by atoms with Crippen LogP contribution in [0.25, 0.3) is 0 Å². The molecule has 0 aromatic rings. The van der Waals surface area contributed by atoms with E-state index in [-0.39, 0.29) is 6.04 Å². The number of rotatable bonds is 5. The van der Waals surface area contributed by atoms with Crippen LogP contribution in [0, 0.1) is 5.41 Å². The number of likely N-dealkylation sites (tertiary alicyclic amines) is 1. The van der Waals surface area contributed by atoms with Crippen LogP contribution in [-0.2, 0) is 4.79 Å². The van der Waals surface area contributed by atoms with Crippen LogP contribution < -0.4 is 5.32 Å². The highest BCUT2D eigenvalue weighted by atomic mass is 16.2. The summed E-state index contributed by atoms with van der Waals surface area (Å²) in [6.07, 6.45) is 11.4. The van der Waals surface area contributed by atoms with Crippen LogP contribution in [0.2, 0.25) is 0 Å². The molecule has 0 bridgehead atoms. The molecule has 0 spiro atoms. The Morgan fingerprint density at radius 3 is 2.58 bits per heavy atom. The lowest BCUT2D eigenvalue weighted by Crippen LogP contribution is -2.53. The second-order valence-electron chi connectivity index (χ2n) is 6.96. The van der Waals surface area contributed by atoms with Gasteiger partial charge in [0.1, 0.15) is 0 Å². The molecule has 1 heterocycles. The van der Waals surface area contributed by atoms with Gasteiger partial charge in [0.05, 0.1) is 6.04 Å². The van der Waals surface area contributed by atoms with Crippen LogP contribution in [0.5, 0.6) is 0 Å². The van der Waals surface area contributed by atoms with E-state index >= 15 is 0 Å². The molecule has 3 fully saturated rings. The predicted molar refractivity (Wildman–Crippen MR) is 77.0 cm³/mol. The SMILES string of the molecule is CCC1(CN2CCCC(NC3CC3)C2=O)CCCC1. The van der Waals surface area contributed by atoms with Gasteiger partial charge in [0.15, 0.2) is 0 Å². The summed E-state index contributed by atoms with van der Waals surface area (Å²) >= 11 is 0. The van der Waals surface area contributed by atoms with E-state index in [1.165, 1.54) is 51.4 Å². The van der Waals surface area contributed by atoms with Crippen molar-refractivity contribution in [3.8, 4) is 0 Å². The van der Waals surface area contributed by atoms with E-state index in [9.17, 15) is 4.79 Å². The lowest BCUT2D eigenvalue weighted by molar-refractivity contribution is -0.137. The third-order valence-electron chi connectivity index (χ3n) is 5.49. The van der Waals surface area contributed by atoms with Crippen LogP contribution in [-0.4, -0.2) is 36.0 Å². The summed E-state index contributed by atoms with van der Waals surface area (Å²) < 4.78 is 0. The largest absolute Gasteiger partial charge is 0.341 e. The van der Waals surface area contributed by atoms with Crippen molar-refractivity contribution in [3.05, 3.63) is 0 Å². The summed E-state index contributed by atoms with van der Waals surface area (Å²) in [5, 5.41) is 3.54. The molecule has 3 nitrogen and oxygen atoms in total. The highest BCUT2D eigenvalue weighted by molar-refractivity contribution is 5.82. The Hall–Kier alpha value is -0.570. The molecule has 2 aliphatic carbocycles. The first-order chi connectivity index (χ1) is 9.22. The first-order valence-electron chi connectivity index (χ1n) is 8.27. The van der Waals surface area contributed by atoms with E-state index in [1.807, 2.05) is 0 Å². The average molecular weight is 264 g/mol. The molecule has 1 unspecified atom stereocenters. The van der Waals surface area contributed by atoms with Crippen molar-refractivity contribution in [1.29, 1.82) is 0 Å². The van der Waals surface area contributed by atoms with Gasteiger partial charge in [-0.1, -0.05) is 19.8 Å². The van der Waals surface area contributed by atoms with Crippen LogP contribution in [0.3, 0.4) is 0 Å². The number of nitrogens with zero attached hydrogens (tertiary/aromatic N) is 1. The van der Waals surface area contributed by atoms with Crippen molar-refractivity contribution in [2.45, 2.75) is 76.8 Å². The zero-order valence-corrected chi connectivity index (χ0v) is 12.3. The molecule has 3 heteroatoms. The quantitative estimate of drug-likeness (QED) is 0.828. The van der Waals surface area contributed by atoms with Crippen molar-refractivity contribution in [2.75, 3.05) is 13.1 Å². The van der Waals surface area contributed by atoms with Crippen molar-refractivity contribution >= 4 is 5.91 Å². The molecule has 3 rings (SSSR count). The maximum Gasteiger partial charge on any atom is 0.239 e. The molecule has 1 aliphatic heterocycles. The lowest BCUT2D eigenvalue weighted by Gasteiger charge is -2.39. The van der Waals surface area contributed by atoms with Gasteiger partial charge >= 0.3 is 0 Å². The van der Waals surface area contributed by atoms with Crippen LogP contribution >= 0.6 is 0 Å². The van der Waals surface area contributed by atoms with Crippen molar-refractivity contribution in [2.24, 2.45) is 5.41 Å². The molecular weight excluding hydrogens is 236 g/mol. The minimum Gasteiger partial charge on any atom is -0.341 e. The molecule has 1 atom stereocenters. The van der Waals surface area contributed by atoms with Gasteiger partial charge in [0, 0.05) is 19.1 Å². The average Bonchev–Trinajstić information content (AvgIpc) is 3.11. The zero-order valence-electron chi connectivity index (χ0n) is 12.3. The van der Waals surface area contributed by atoms with E-state index in [0.29, 0.717) is 17.4 Å². The van der Waals surface area contributed by atoms with E-state index < -0.39 is 0 Å². The van der Waals surface area contributed by atoms with E-state index in [0.717, 1.165) is 19.5 Å². The molecule has 19 heavy (non-hydrogen) atoms. The first kappa shape index (κ1) is 13.4. The van der Waals surface area contributed by atoms with Crippen LogP contribution in [0.1, 0.15) is 64.7 Å². The van der Waals surface area contributed by atoms with Gasteiger partial charge in [-0.2, -0.15) is 0 Å². The Bertz CT molecular complexity index is 332. The second-order valence-corrected chi connectivity index (χ2v) is 6.96. The van der Waals surface area contributed by atoms with Gasteiger partial charge in [-0.25, -0.2) is 0 Å². The lowest BCUT2D eigenvalue weighted by atomic mass is 9.82. The van der Waals surface area contributed by atoms with Gasteiger partial charge in [0.2, 0.25) is 5.91 Å². The Labute approximate surface area is 117 Å². The Morgan fingerprint density at radius 1 is 1.21 bits per heavy atom.